The maximum Gasteiger partial charge on any atom is 0.341 e. The summed E-state index contributed by atoms with van der Waals surface area (Å²) >= 11 is 0. The van der Waals surface area contributed by atoms with Crippen molar-refractivity contribution in [3.8, 4) is 17.0 Å². The Labute approximate surface area is 97.0 Å². The third-order valence-corrected chi connectivity index (χ3v) is 2.37. The van der Waals surface area contributed by atoms with E-state index in [0.717, 1.165) is 0 Å². The molecular weight excluding hydrogens is 222 g/mol. The fourth-order valence-electron chi connectivity index (χ4n) is 1.56. The first-order chi connectivity index (χ1) is 8.13. The highest BCUT2D eigenvalue weighted by atomic mass is 16.5. The minimum absolute atomic E-state index is 0.0294. The molecule has 4 N–H and O–H groups in total. The lowest BCUT2D eigenvalue weighted by Gasteiger charge is -2.03. The number of methoxy groups -OCH3 is 1. The number of aromatic carboxylic acids is 1. The predicted octanol–water partition coefficient (Wildman–Crippen LogP) is 1.37. The number of carboxylic acids is 1. The van der Waals surface area contributed by atoms with Crippen molar-refractivity contribution in [3.63, 3.8) is 0 Å². The molecule has 1 heterocycles. The summed E-state index contributed by atoms with van der Waals surface area (Å²) in [5, 5.41) is 15.4. The monoisotopic (exact) mass is 233 g/mol. The van der Waals surface area contributed by atoms with Crippen LogP contribution in [0.2, 0.25) is 0 Å². The number of nitrogen functional groups attached to an aromatic ring is 1. The van der Waals surface area contributed by atoms with Gasteiger partial charge in [-0.15, -0.1) is 0 Å². The quantitative estimate of drug-likeness (QED) is 0.743. The summed E-state index contributed by atoms with van der Waals surface area (Å²) in [7, 11) is 1.54. The van der Waals surface area contributed by atoms with Gasteiger partial charge in [-0.25, -0.2) is 4.79 Å². The number of H-pyrrole nitrogens is 1. The van der Waals surface area contributed by atoms with Crippen molar-refractivity contribution in [2.45, 2.75) is 0 Å². The molecule has 0 amide bonds. The minimum atomic E-state index is -1.12. The molecule has 2 aromatic rings. The predicted molar refractivity (Wildman–Crippen MR) is 61.9 cm³/mol. The molecule has 0 unspecified atom stereocenters. The SMILES string of the molecule is COc1cccc(-c2[nH]nc(N)c2C(=O)O)c1. The average Bonchev–Trinajstić information content (AvgIpc) is 2.71. The zero-order valence-electron chi connectivity index (χ0n) is 9.10. The number of nitrogens with zero attached hydrogens (tertiary/aromatic N) is 1. The Balaban J connectivity index is 2.56. The largest absolute Gasteiger partial charge is 0.497 e. The third-order valence-electron chi connectivity index (χ3n) is 2.37. The van der Waals surface area contributed by atoms with E-state index in [-0.39, 0.29) is 11.4 Å². The Morgan fingerprint density at radius 2 is 2.29 bits per heavy atom. The maximum atomic E-state index is 11.1. The summed E-state index contributed by atoms with van der Waals surface area (Å²) in [5.74, 6) is -0.517. The highest BCUT2D eigenvalue weighted by Crippen LogP contribution is 2.27. The fourth-order valence-corrected chi connectivity index (χ4v) is 1.56. The molecule has 0 fully saturated rings. The molecule has 0 saturated heterocycles. The van der Waals surface area contributed by atoms with Crippen LogP contribution in [0, 0.1) is 0 Å². The van der Waals surface area contributed by atoms with Crippen LogP contribution < -0.4 is 10.5 Å². The molecule has 1 aromatic heterocycles. The van der Waals surface area contributed by atoms with Gasteiger partial charge < -0.3 is 15.6 Å². The Kier molecular flexibility index (Phi) is 2.70. The highest BCUT2D eigenvalue weighted by Gasteiger charge is 2.19. The van der Waals surface area contributed by atoms with E-state index in [2.05, 4.69) is 10.2 Å². The van der Waals surface area contributed by atoms with E-state index in [1.165, 1.54) is 0 Å². The zero-order chi connectivity index (χ0) is 12.4. The number of nitrogens with two attached hydrogens (primary N) is 1. The Bertz CT molecular complexity index is 563. The second kappa shape index (κ2) is 4.17. The smallest absolute Gasteiger partial charge is 0.341 e. The molecular formula is C11H11N3O3. The summed E-state index contributed by atoms with van der Waals surface area (Å²) in [6, 6.07) is 6.99. The van der Waals surface area contributed by atoms with Gasteiger partial charge in [0.1, 0.15) is 11.3 Å². The minimum Gasteiger partial charge on any atom is -0.497 e. The number of aromatic nitrogens is 2. The first-order valence-corrected chi connectivity index (χ1v) is 4.85. The van der Waals surface area contributed by atoms with Crippen molar-refractivity contribution >= 4 is 11.8 Å². The number of ether oxygens (including phenoxy) is 1. The summed E-state index contributed by atoms with van der Waals surface area (Å²) < 4.78 is 5.07. The van der Waals surface area contributed by atoms with Crippen molar-refractivity contribution in [1.82, 2.24) is 10.2 Å². The van der Waals surface area contributed by atoms with Gasteiger partial charge in [0.15, 0.2) is 5.82 Å². The summed E-state index contributed by atoms with van der Waals surface area (Å²) in [5.41, 5.74) is 6.49. The van der Waals surface area contributed by atoms with Crippen molar-refractivity contribution in [1.29, 1.82) is 0 Å². The van der Waals surface area contributed by atoms with Gasteiger partial charge in [-0.05, 0) is 12.1 Å². The molecule has 1 aromatic carbocycles. The van der Waals surface area contributed by atoms with Crippen LogP contribution >= 0.6 is 0 Å². The average molecular weight is 233 g/mol. The molecule has 17 heavy (non-hydrogen) atoms. The Hall–Kier alpha value is -2.50. The number of anilines is 1. The number of benzene rings is 1. The second-order valence-corrected chi connectivity index (χ2v) is 3.40. The lowest BCUT2D eigenvalue weighted by atomic mass is 10.1. The van der Waals surface area contributed by atoms with Gasteiger partial charge in [-0.2, -0.15) is 5.10 Å². The van der Waals surface area contributed by atoms with Crippen LogP contribution in [0.15, 0.2) is 24.3 Å². The van der Waals surface area contributed by atoms with Crippen molar-refractivity contribution in [3.05, 3.63) is 29.8 Å². The second-order valence-electron chi connectivity index (χ2n) is 3.40. The number of rotatable bonds is 3. The summed E-state index contributed by atoms with van der Waals surface area (Å²) in [4.78, 5) is 11.1. The summed E-state index contributed by atoms with van der Waals surface area (Å²) in [6.07, 6.45) is 0. The first kappa shape index (κ1) is 11.0. The molecule has 0 aliphatic rings. The van der Waals surface area contributed by atoms with E-state index in [4.69, 9.17) is 15.6 Å². The van der Waals surface area contributed by atoms with Crippen LogP contribution in [0.4, 0.5) is 5.82 Å². The van der Waals surface area contributed by atoms with Crippen molar-refractivity contribution in [2.75, 3.05) is 12.8 Å². The van der Waals surface area contributed by atoms with Gasteiger partial charge in [-0.1, -0.05) is 12.1 Å². The molecule has 0 bridgehead atoms. The van der Waals surface area contributed by atoms with Crippen LogP contribution in [-0.4, -0.2) is 28.4 Å². The first-order valence-electron chi connectivity index (χ1n) is 4.85. The maximum absolute atomic E-state index is 11.1. The number of hydrogen-bond donors (Lipinski definition) is 3. The molecule has 0 radical (unpaired) electrons. The van der Waals surface area contributed by atoms with Gasteiger partial charge in [0.25, 0.3) is 0 Å². The van der Waals surface area contributed by atoms with Crippen LogP contribution in [-0.2, 0) is 0 Å². The van der Waals surface area contributed by atoms with E-state index in [1.807, 2.05) is 0 Å². The normalized spacial score (nSPS) is 10.2. The zero-order valence-corrected chi connectivity index (χ0v) is 9.10. The number of hydrogen-bond acceptors (Lipinski definition) is 4. The fraction of sp³-hybridized carbons (Fsp3) is 0.0909. The standard InChI is InChI=1S/C11H11N3O3/c1-17-7-4-2-3-6(5-7)9-8(11(15)16)10(12)14-13-9/h2-5H,1H3,(H,15,16)(H3,12,13,14). The van der Waals surface area contributed by atoms with Gasteiger partial charge in [0.2, 0.25) is 0 Å². The van der Waals surface area contributed by atoms with Crippen LogP contribution in [0.25, 0.3) is 11.3 Å². The topological polar surface area (TPSA) is 101 Å². The van der Waals surface area contributed by atoms with E-state index in [0.29, 0.717) is 17.0 Å². The number of carboxylic acid groups (broad SMARTS) is 1. The molecule has 0 saturated carbocycles. The summed E-state index contributed by atoms with van der Waals surface area (Å²) in [6.45, 7) is 0. The molecule has 0 atom stereocenters. The van der Waals surface area contributed by atoms with E-state index >= 15 is 0 Å². The molecule has 0 spiro atoms. The van der Waals surface area contributed by atoms with E-state index in [9.17, 15) is 4.79 Å². The number of aromatic amines is 1. The molecule has 2 rings (SSSR count). The van der Waals surface area contributed by atoms with E-state index < -0.39 is 5.97 Å². The molecule has 0 aliphatic carbocycles. The molecule has 6 nitrogen and oxygen atoms in total. The van der Waals surface area contributed by atoms with E-state index in [1.54, 1.807) is 31.4 Å². The Morgan fingerprint density at radius 3 is 2.94 bits per heavy atom. The van der Waals surface area contributed by atoms with Gasteiger partial charge in [0.05, 0.1) is 12.8 Å². The lowest BCUT2D eigenvalue weighted by Crippen LogP contribution is -2.01. The van der Waals surface area contributed by atoms with Gasteiger partial charge in [-0.3, -0.25) is 5.10 Å². The Morgan fingerprint density at radius 1 is 1.53 bits per heavy atom. The van der Waals surface area contributed by atoms with Gasteiger partial charge >= 0.3 is 5.97 Å². The molecule has 88 valence electrons. The highest BCUT2D eigenvalue weighted by molar-refractivity contribution is 5.99. The van der Waals surface area contributed by atoms with Crippen LogP contribution in [0.5, 0.6) is 5.75 Å². The van der Waals surface area contributed by atoms with Crippen LogP contribution in [0.1, 0.15) is 10.4 Å². The van der Waals surface area contributed by atoms with Gasteiger partial charge in [0, 0.05) is 5.56 Å². The number of nitrogens with one attached hydrogen (secondary N) is 1. The van der Waals surface area contributed by atoms with Crippen molar-refractivity contribution in [2.24, 2.45) is 0 Å². The third kappa shape index (κ3) is 1.92. The molecule has 6 heteroatoms. The van der Waals surface area contributed by atoms with Crippen LogP contribution in [0.3, 0.4) is 0 Å². The number of carbonyl (C=O) groups is 1. The van der Waals surface area contributed by atoms with Crippen molar-refractivity contribution < 1.29 is 14.6 Å². The lowest BCUT2D eigenvalue weighted by molar-refractivity contribution is 0.0699. The molecule has 0 aliphatic heterocycles.